The Kier molecular flexibility index (Phi) is 2.76. The van der Waals surface area contributed by atoms with E-state index in [-0.39, 0.29) is 5.56 Å². The summed E-state index contributed by atoms with van der Waals surface area (Å²) in [6, 6.07) is 3.44. The molecule has 0 fully saturated rings. The smallest absolute Gasteiger partial charge is 0.168 e. The molecule has 0 aliphatic carbocycles. The van der Waals surface area contributed by atoms with Gasteiger partial charge in [-0.1, -0.05) is 6.07 Å². The summed E-state index contributed by atoms with van der Waals surface area (Å²) < 4.78 is 38.8. The Hall–Kier alpha value is -1.25. The lowest BCUT2D eigenvalue weighted by molar-refractivity contribution is 0.503. The van der Waals surface area contributed by atoms with Crippen LogP contribution in [0, 0.1) is 11.6 Å². The number of halogens is 3. The van der Waals surface area contributed by atoms with E-state index in [4.69, 9.17) is 0 Å². The Balaban J connectivity index is 3.32. The van der Waals surface area contributed by atoms with Crippen molar-refractivity contribution in [1.82, 2.24) is 0 Å². The van der Waals surface area contributed by atoms with Crippen LogP contribution in [-0.2, 0) is 0 Å². The Morgan fingerprint density at radius 1 is 1.15 bits per heavy atom. The van der Waals surface area contributed by atoms with Crippen molar-refractivity contribution >= 4 is 5.83 Å². The van der Waals surface area contributed by atoms with E-state index < -0.39 is 17.5 Å². The molecule has 0 aliphatic heterocycles. The summed E-state index contributed by atoms with van der Waals surface area (Å²) in [5.41, 5.74) is 0.00417. The van der Waals surface area contributed by atoms with Gasteiger partial charge in [0.2, 0.25) is 0 Å². The highest BCUT2D eigenvalue weighted by atomic mass is 19.2. The first-order chi connectivity index (χ1) is 6.04. The number of hydrogen-bond donors (Lipinski definition) is 0. The van der Waals surface area contributed by atoms with E-state index >= 15 is 0 Å². The van der Waals surface area contributed by atoms with Gasteiger partial charge in [-0.3, -0.25) is 0 Å². The van der Waals surface area contributed by atoms with Gasteiger partial charge in [-0.15, -0.1) is 0 Å². The number of allylic oxidation sites excluding steroid dienone is 1. The van der Waals surface area contributed by atoms with Crippen molar-refractivity contribution in [2.24, 2.45) is 0 Å². The minimum atomic E-state index is -1.14. The maximum Gasteiger partial charge on any atom is 0.168 e. The fraction of sp³-hybridized carbons (Fsp3) is 0.200. The van der Waals surface area contributed by atoms with Gasteiger partial charge in [-0.25, -0.2) is 13.2 Å². The fourth-order valence-corrected chi connectivity index (χ4v) is 0.943. The lowest BCUT2D eigenvalue weighted by Crippen LogP contribution is -1.91. The number of rotatable bonds is 1. The number of hydrogen-bond acceptors (Lipinski definition) is 0. The molecule has 1 rings (SSSR count). The predicted molar refractivity (Wildman–Crippen MR) is 45.7 cm³/mol. The molecule has 0 aromatic heterocycles. The van der Waals surface area contributed by atoms with E-state index in [1.807, 2.05) is 0 Å². The Labute approximate surface area is 74.7 Å². The van der Waals surface area contributed by atoms with Crippen molar-refractivity contribution < 1.29 is 13.2 Å². The molecular weight excluding hydrogens is 177 g/mol. The molecule has 0 saturated carbocycles. The predicted octanol–water partition coefficient (Wildman–Crippen LogP) is 3.69. The van der Waals surface area contributed by atoms with E-state index in [1.165, 1.54) is 26.0 Å². The molecule has 0 aliphatic rings. The highest BCUT2D eigenvalue weighted by Gasteiger charge is 2.12. The summed E-state index contributed by atoms with van der Waals surface area (Å²) >= 11 is 0. The van der Waals surface area contributed by atoms with Crippen molar-refractivity contribution in [2.45, 2.75) is 13.8 Å². The van der Waals surface area contributed by atoms with Crippen molar-refractivity contribution in [3.8, 4) is 0 Å². The first-order valence-corrected chi connectivity index (χ1v) is 3.81. The van der Waals surface area contributed by atoms with Crippen LogP contribution in [0.2, 0.25) is 0 Å². The van der Waals surface area contributed by atoms with E-state index in [0.29, 0.717) is 5.57 Å². The van der Waals surface area contributed by atoms with Gasteiger partial charge >= 0.3 is 0 Å². The Morgan fingerprint density at radius 3 is 2.31 bits per heavy atom. The van der Waals surface area contributed by atoms with Crippen LogP contribution in [0.25, 0.3) is 5.83 Å². The van der Waals surface area contributed by atoms with Crippen LogP contribution >= 0.6 is 0 Å². The zero-order chi connectivity index (χ0) is 10.0. The SMILES string of the molecule is CC(C)=C(F)c1cccc(F)c1F. The van der Waals surface area contributed by atoms with Crippen LogP contribution < -0.4 is 0 Å². The monoisotopic (exact) mass is 186 g/mol. The largest absolute Gasteiger partial charge is 0.206 e. The summed E-state index contributed by atoms with van der Waals surface area (Å²) in [5.74, 6) is -2.88. The molecule has 3 heteroatoms. The first kappa shape index (κ1) is 9.84. The average molecular weight is 186 g/mol. The van der Waals surface area contributed by atoms with Crippen LogP contribution in [0.1, 0.15) is 19.4 Å². The summed E-state index contributed by atoms with van der Waals surface area (Å²) in [6.45, 7) is 3.00. The molecule has 0 bridgehead atoms. The van der Waals surface area contributed by atoms with Crippen LogP contribution in [-0.4, -0.2) is 0 Å². The van der Waals surface area contributed by atoms with Crippen molar-refractivity contribution in [1.29, 1.82) is 0 Å². The standard InChI is InChI=1S/C10H9F3/c1-6(2)9(12)7-4-3-5-8(11)10(7)13/h3-5H,1-2H3. The maximum atomic E-state index is 13.2. The minimum Gasteiger partial charge on any atom is -0.206 e. The fourth-order valence-electron chi connectivity index (χ4n) is 0.943. The Morgan fingerprint density at radius 2 is 1.77 bits per heavy atom. The molecule has 0 atom stereocenters. The molecule has 70 valence electrons. The maximum absolute atomic E-state index is 13.2. The van der Waals surface area contributed by atoms with Crippen molar-refractivity contribution in [3.05, 3.63) is 41.0 Å². The van der Waals surface area contributed by atoms with Gasteiger partial charge in [0, 0.05) is 5.56 Å². The van der Waals surface area contributed by atoms with Crippen molar-refractivity contribution in [3.63, 3.8) is 0 Å². The van der Waals surface area contributed by atoms with E-state index in [9.17, 15) is 13.2 Å². The Bertz CT molecular complexity index is 349. The normalized spacial score (nSPS) is 9.92. The molecule has 0 nitrogen and oxygen atoms in total. The van der Waals surface area contributed by atoms with E-state index in [0.717, 1.165) is 6.07 Å². The van der Waals surface area contributed by atoms with Gasteiger partial charge in [-0.2, -0.15) is 0 Å². The molecule has 0 amide bonds. The van der Waals surface area contributed by atoms with Crippen LogP contribution in [0.4, 0.5) is 13.2 Å². The summed E-state index contributed by atoms with van der Waals surface area (Å²) in [7, 11) is 0. The quantitative estimate of drug-likeness (QED) is 0.627. The van der Waals surface area contributed by atoms with Gasteiger partial charge in [0.15, 0.2) is 11.6 Å². The van der Waals surface area contributed by atoms with E-state index in [1.54, 1.807) is 0 Å². The average Bonchev–Trinajstić information content (AvgIpc) is 2.08. The molecule has 0 N–H and O–H groups in total. The van der Waals surface area contributed by atoms with Crippen molar-refractivity contribution in [2.75, 3.05) is 0 Å². The lowest BCUT2D eigenvalue weighted by Gasteiger charge is -2.02. The molecule has 1 aromatic rings. The van der Waals surface area contributed by atoms with Crippen LogP contribution in [0.5, 0.6) is 0 Å². The molecule has 0 radical (unpaired) electrons. The lowest BCUT2D eigenvalue weighted by atomic mass is 10.1. The molecule has 0 heterocycles. The molecule has 0 saturated heterocycles. The number of benzene rings is 1. The first-order valence-electron chi connectivity index (χ1n) is 3.81. The molecular formula is C10H9F3. The zero-order valence-electron chi connectivity index (χ0n) is 7.37. The van der Waals surface area contributed by atoms with Gasteiger partial charge in [0.05, 0.1) is 0 Å². The van der Waals surface area contributed by atoms with Gasteiger partial charge in [0.25, 0.3) is 0 Å². The molecule has 0 spiro atoms. The summed E-state index contributed by atoms with van der Waals surface area (Å²) in [5, 5.41) is 0. The molecule has 1 aromatic carbocycles. The third kappa shape index (κ3) is 1.91. The zero-order valence-corrected chi connectivity index (χ0v) is 7.37. The second-order valence-electron chi connectivity index (χ2n) is 2.92. The van der Waals surface area contributed by atoms with E-state index in [2.05, 4.69) is 0 Å². The highest BCUT2D eigenvalue weighted by molar-refractivity contribution is 5.62. The minimum absolute atomic E-state index is 0.319. The van der Waals surface area contributed by atoms with Gasteiger partial charge in [-0.05, 0) is 31.6 Å². The highest BCUT2D eigenvalue weighted by Crippen LogP contribution is 2.23. The van der Waals surface area contributed by atoms with Gasteiger partial charge in [0.1, 0.15) is 5.83 Å². The topological polar surface area (TPSA) is 0 Å². The molecule has 13 heavy (non-hydrogen) atoms. The second-order valence-corrected chi connectivity index (χ2v) is 2.92. The third-order valence-corrected chi connectivity index (χ3v) is 1.63. The summed E-state index contributed by atoms with van der Waals surface area (Å²) in [4.78, 5) is 0. The third-order valence-electron chi connectivity index (χ3n) is 1.63. The summed E-state index contributed by atoms with van der Waals surface area (Å²) in [6.07, 6.45) is 0. The van der Waals surface area contributed by atoms with Crippen LogP contribution in [0.15, 0.2) is 23.8 Å². The van der Waals surface area contributed by atoms with Gasteiger partial charge < -0.3 is 0 Å². The van der Waals surface area contributed by atoms with Crippen LogP contribution in [0.3, 0.4) is 0 Å². The molecule has 0 unspecified atom stereocenters. The second kappa shape index (κ2) is 3.64.